The molecule has 2 aliphatic rings. The van der Waals surface area contributed by atoms with Gasteiger partial charge in [0.2, 0.25) is 0 Å². The van der Waals surface area contributed by atoms with Crippen LogP contribution in [0.3, 0.4) is 0 Å². The van der Waals surface area contributed by atoms with Gasteiger partial charge in [0, 0.05) is 30.9 Å². The van der Waals surface area contributed by atoms with Crippen molar-refractivity contribution in [2.24, 2.45) is 0 Å². The molecule has 3 heterocycles. The third-order valence-corrected chi connectivity index (χ3v) is 6.24. The zero-order valence-corrected chi connectivity index (χ0v) is 18.9. The second-order valence-corrected chi connectivity index (χ2v) is 8.51. The van der Waals surface area contributed by atoms with Crippen LogP contribution in [0.4, 0.5) is 0 Å². The van der Waals surface area contributed by atoms with Crippen molar-refractivity contribution in [1.82, 2.24) is 9.88 Å². The van der Waals surface area contributed by atoms with Crippen molar-refractivity contribution in [2.45, 2.75) is 32.0 Å². The molecule has 1 fully saturated rings. The van der Waals surface area contributed by atoms with Crippen LogP contribution in [0.5, 0.6) is 11.5 Å². The molecule has 1 N–H and O–H groups in total. The summed E-state index contributed by atoms with van der Waals surface area (Å²) in [5.41, 5.74) is 3.05. The number of carbonyl (C=O) groups excluding carboxylic acids is 2. The van der Waals surface area contributed by atoms with E-state index in [1.807, 2.05) is 13.0 Å². The Kier molecular flexibility index (Phi) is 5.53. The van der Waals surface area contributed by atoms with E-state index in [9.17, 15) is 14.7 Å². The van der Waals surface area contributed by atoms with Crippen molar-refractivity contribution in [3.8, 4) is 11.5 Å². The lowest BCUT2D eigenvalue weighted by Gasteiger charge is -2.25. The SMILES string of the molecule is COc1ccc([C@H]2C(=C(O)c3ccc4c(c3)C[C@@H](C)O4)C(=O)C(=O)N2Cc2ccncc2)cc1. The van der Waals surface area contributed by atoms with Crippen molar-refractivity contribution in [3.05, 3.63) is 94.8 Å². The molecule has 1 aromatic heterocycles. The molecule has 1 amide bonds. The molecule has 3 aromatic rings. The number of ether oxygens (including phenoxy) is 2. The van der Waals surface area contributed by atoms with Gasteiger partial charge in [-0.3, -0.25) is 14.6 Å². The zero-order chi connectivity index (χ0) is 23.8. The summed E-state index contributed by atoms with van der Waals surface area (Å²) in [6.07, 6.45) is 4.05. The number of aliphatic hydroxyl groups excluding tert-OH is 1. The molecule has 0 bridgehead atoms. The highest BCUT2D eigenvalue weighted by Gasteiger charge is 2.46. The fourth-order valence-corrected chi connectivity index (χ4v) is 4.59. The highest BCUT2D eigenvalue weighted by molar-refractivity contribution is 6.46. The largest absolute Gasteiger partial charge is 0.507 e. The number of hydrogen-bond donors (Lipinski definition) is 1. The van der Waals surface area contributed by atoms with Crippen LogP contribution in [-0.4, -0.2) is 39.9 Å². The van der Waals surface area contributed by atoms with Crippen LogP contribution in [-0.2, 0) is 22.6 Å². The van der Waals surface area contributed by atoms with Crippen molar-refractivity contribution in [2.75, 3.05) is 7.11 Å². The van der Waals surface area contributed by atoms with Gasteiger partial charge in [0.25, 0.3) is 11.7 Å². The number of Topliss-reactive ketones (excluding diaryl/α,β-unsaturated/α-hetero) is 1. The molecule has 5 rings (SSSR count). The van der Waals surface area contributed by atoms with Gasteiger partial charge in [0.05, 0.1) is 18.7 Å². The summed E-state index contributed by atoms with van der Waals surface area (Å²) in [4.78, 5) is 31.9. The van der Waals surface area contributed by atoms with Gasteiger partial charge >= 0.3 is 0 Å². The molecule has 0 unspecified atom stereocenters. The van der Waals surface area contributed by atoms with Crippen LogP contribution >= 0.6 is 0 Å². The summed E-state index contributed by atoms with van der Waals surface area (Å²) >= 11 is 0. The quantitative estimate of drug-likeness (QED) is 0.354. The first-order valence-corrected chi connectivity index (χ1v) is 11.1. The first-order chi connectivity index (χ1) is 16.5. The van der Waals surface area contributed by atoms with Crippen molar-refractivity contribution < 1.29 is 24.2 Å². The van der Waals surface area contributed by atoms with Crippen LogP contribution in [0.25, 0.3) is 5.76 Å². The average Bonchev–Trinajstić information content (AvgIpc) is 3.35. The molecule has 0 saturated carbocycles. The topological polar surface area (TPSA) is 89.0 Å². The Morgan fingerprint density at radius 1 is 1.12 bits per heavy atom. The predicted molar refractivity (Wildman–Crippen MR) is 125 cm³/mol. The van der Waals surface area contributed by atoms with Gasteiger partial charge in [0.1, 0.15) is 23.4 Å². The van der Waals surface area contributed by atoms with E-state index in [0.29, 0.717) is 16.9 Å². The lowest BCUT2D eigenvalue weighted by atomic mass is 9.94. The third-order valence-electron chi connectivity index (χ3n) is 6.24. The smallest absolute Gasteiger partial charge is 0.295 e. The standard InChI is InChI=1S/C27H24N2O5/c1-16-13-20-14-19(5-8-22(20)34-16)25(30)23-24(18-3-6-21(33-2)7-4-18)29(27(32)26(23)31)15-17-9-11-28-12-10-17/h3-12,14,16,24,30H,13,15H2,1-2H3/t16-,24+/m1/s1. The molecule has 0 radical (unpaired) electrons. The van der Waals surface area contributed by atoms with Crippen LogP contribution in [0, 0.1) is 0 Å². The van der Waals surface area contributed by atoms with E-state index in [-0.39, 0.29) is 24.0 Å². The summed E-state index contributed by atoms with van der Waals surface area (Å²) in [7, 11) is 1.57. The first-order valence-electron chi connectivity index (χ1n) is 11.1. The van der Waals surface area contributed by atoms with Crippen LogP contribution in [0.2, 0.25) is 0 Å². The average molecular weight is 456 g/mol. The van der Waals surface area contributed by atoms with Gasteiger partial charge in [-0.1, -0.05) is 12.1 Å². The molecule has 1 saturated heterocycles. The molecule has 34 heavy (non-hydrogen) atoms. The van der Waals surface area contributed by atoms with Gasteiger partial charge in [-0.25, -0.2) is 0 Å². The number of carbonyl (C=O) groups is 2. The minimum Gasteiger partial charge on any atom is -0.507 e. The van der Waals surface area contributed by atoms with Crippen molar-refractivity contribution in [1.29, 1.82) is 0 Å². The number of fused-ring (bicyclic) bond motifs is 1. The molecule has 7 heteroatoms. The summed E-state index contributed by atoms with van der Waals surface area (Å²) in [6.45, 7) is 2.18. The number of aliphatic hydroxyl groups is 1. The van der Waals surface area contributed by atoms with E-state index in [1.54, 1.807) is 68.0 Å². The third kappa shape index (κ3) is 3.79. The molecule has 2 aliphatic heterocycles. The Bertz CT molecular complexity index is 1280. The summed E-state index contributed by atoms with van der Waals surface area (Å²) < 4.78 is 11.0. The highest BCUT2D eigenvalue weighted by Crippen LogP contribution is 2.41. The van der Waals surface area contributed by atoms with Crippen LogP contribution < -0.4 is 9.47 Å². The van der Waals surface area contributed by atoms with E-state index in [2.05, 4.69) is 4.98 Å². The van der Waals surface area contributed by atoms with E-state index >= 15 is 0 Å². The molecule has 0 spiro atoms. The molecular formula is C27H24N2O5. The van der Waals surface area contributed by atoms with Gasteiger partial charge in [-0.2, -0.15) is 0 Å². The monoisotopic (exact) mass is 456 g/mol. The number of aromatic nitrogens is 1. The second-order valence-electron chi connectivity index (χ2n) is 8.51. The van der Waals surface area contributed by atoms with Crippen LogP contribution in [0.1, 0.15) is 35.2 Å². The number of ketones is 1. The van der Waals surface area contributed by atoms with Gasteiger partial charge < -0.3 is 19.5 Å². The predicted octanol–water partition coefficient (Wildman–Crippen LogP) is 4.04. The number of benzene rings is 2. The first kappa shape index (κ1) is 21.7. The van der Waals surface area contributed by atoms with E-state index in [4.69, 9.17) is 9.47 Å². The van der Waals surface area contributed by atoms with Gasteiger partial charge in [-0.15, -0.1) is 0 Å². The lowest BCUT2D eigenvalue weighted by Crippen LogP contribution is -2.29. The fraction of sp³-hybridized carbons (Fsp3) is 0.222. The number of pyridine rings is 1. The minimum absolute atomic E-state index is 0.0534. The molecule has 7 nitrogen and oxygen atoms in total. The minimum atomic E-state index is -0.748. The number of rotatable bonds is 5. The Balaban J connectivity index is 1.62. The number of amides is 1. The number of likely N-dealkylation sites (tertiary alicyclic amines) is 1. The second kappa shape index (κ2) is 8.67. The molecule has 2 atom stereocenters. The Hall–Kier alpha value is -4.13. The van der Waals surface area contributed by atoms with Gasteiger partial charge in [-0.05, 0) is 66.1 Å². The highest BCUT2D eigenvalue weighted by atomic mass is 16.5. The maximum absolute atomic E-state index is 13.2. The van der Waals surface area contributed by atoms with E-state index < -0.39 is 17.7 Å². The molecule has 2 aromatic carbocycles. The Morgan fingerprint density at radius 3 is 2.56 bits per heavy atom. The maximum atomic E-state index is 13.2. The molecular weight excluding hydrogens is 432 g/mol. The number of nitrogens with zero attached hydrogens (tertiary/aromatic N) is 2. The number of hydrogen-bond acceptors (Lipinski definition) is 6. The van der Waals surface area contributed by atoms with Gasteiger partial charge in [0.15, 0.2) is 0 Å². The summed E-state index contributed by atoms with van der Waals surface area (Å²) in [6, 6.07) is 15.3. The molecule has 0 aliphatic carbocycles. The van der Waals surface area contributed by atoms with Crippen LogP contribution in [0.15, 0.2) is 72.6 Å². The normalized spacial score (nSPS) is 20.8. The number of methoxy groups -OCH3 is 1. The lowest BCUT2D eigenvalue weighted by molar-refractivity contribution is -0.140. The van der Waals surface area contributed by atoms with E-state index in [1.165, 1.54) is 4.90 Å². The molecule has 172 valence electrons. The van der Waals surface area contributed by atoms with Crippen molar-refractivity contribution in [3.63, 3.8) is 0 Å². The van der Waals surface area contributed by atoms with E-state index in [0.717, 1.165) is 23.3 Å². The fourth-order valence-electron chi connectivity index (χ4n) is 4.59. The Morgan fingerprint density at radius 2 is 1.85 bits per heavy atom. The zero-order valence-electron chi connectivity index (χ0n) is 18.9. The maximum Gasteiger partial charge on any atom is 0.295 e. The summed E-state index contributed by atoms with van der Waals surface area (Å²) in [5.74, 6) is -0.134. The van der Waals surface area contributed by atoms with Crippen molar-refractivity contribution >= 4 is 17.4 Å². The summed E-state index contributed by atoms with van der Waals surface area (Å²) in [5, 5.41) is 11.3. The Labute approximate surface area is 197 Å².